The van der Waals surface area contributed by atoms with Crippen molar-refractivity contribution in [1.82, 2.24) is 19.4 Å². The molecular weight excluding hydrogens is 448 g/mol. The smallest absolute Gasteiger partial charge is 0.231 e. The standard InChI is InChI=1S/C29H32N6O/c1-19-4-3-5-20(16-19)17-26(36)35-14-8-21-18-22(6-7-25(21)35)28-31-27(30)24-11-15-34(29(24)32-28)23-9-12-33(2)13-10-23/h3-7,11,15-16,18,23H,8-10,12-14,17H2,1-2H3,(H2,30,31,32). The van der Waals surface area contributed by atoms with Crippen LogP contribution in [0.4, 0.5) is 11.5 Å². The van der Waals surface area contributed by atoms with Crippen molar-refractivity contribution in [1.29, 1.82) is 0 Å². The maximum absolute atomic E-state index is 13.1. The Morgan fingerprint density at radius 1 is 1.06 bits per heavy atom. The van der Waals surface area contributed by atoms with Crippen molar-refractivity contribution < 1.29 is 4.79 Å². The van der Waals surface area contributed by atoms with E-state index in [9.17, 15) is 4.79 Å². The second-order valence-corrected chi connectivity index (χ2v) is 10.2. The van der Waals surface area contributed by atoms with Gasteiger partial charge in [-0.15, -0.1) is 0 Å². The van der Waals surface area contributed by atoms with Gasteiger partial charge in [0.1, 0.15) is 11.5 Å². The van der Waals surface area contributed by atoms with E-state index in [1.807, 2.05) is 35.2 Å². The second kappa shape index (κ2) is 9.06. The normalized spacial score (nSPS) is 16.6. The van der Waals surface area contributed by atoms with Gasteiger partial charge < -0.3 is 20.1 Å². The Hall–Kier alpha value is -3.71. The predicted molar refractivity (Wildman–Crippen MR) is 144 cm³/mol. The first kappa shape index (κ1) is 22.7. The zero-order valence-corrected chi connectivity index (χ0v) is 20.9. The van der Waals surface area contributed by atoms with Crippen LogP contribution in [-0.2, 0) is 17.6 Å². The number of hydrogen-bond donors (Lipinski definition) is 1. The highest BCUT2D eigenvalue weighted by atomic mass is 16.2. The molecule has 6 rings (SSSR count). The van der Waals surface area contributed by atoms with Crippen LogP contribution in [-0.4, -0.2) is 52.0 Å². The molecule has 1 amide bonds. The van der Waals surface area contributed by atoms with Crippen LogP contribution in [0.3, 0.4) is 0 Å². The number of aromatic nitrogens is 3. The summed E-state index contributed by atoms with van der Waals surface area (Å²) in [6.45, 7) is 4.92. The fraction of sp³-hybridized carbons (Fsp3) is 0.345. The molecule has 4 heterocycles. The van der Waals surface area contributed by atoms with Crippen LogP contribution in [0.1, 0.15) is 35.6 Å². The molecule has 2 N–H and O–H groups in total. The lowest BCUT2D eigenvalue weighted by Gasteiger charge is -2.30. The van der Waals surface area contributed by atoms with Gasteiger partial charge in [0.2, 0.25) is 5.91 Å². The van der Waals surface area contributed by atoms with Gasteiger partial charge >= 0.3 is 0 Å². The minimum absolute atomic E-state index is 0.130. The number of likely N-dealkylation sites (tertiary alicyclic amines) is 1. The zero-order chi connectivity index (χ0) is 24.8. The van der Waals surface area contributed by atoms with Crippen molar-refractivity contribution in [2.75, 3.05) is 37.3 Å². The van der Waals surface area contributed by atoms with Crippen molar-refractivity contribution in [3.05, 3.63) is 71.4 Å². The molecule has 0 spiro atoms. The molecule has 0 saturated carbocycles. The summed E-state index contributed by atoms with van der Waals surface area (Å²) in [6.07, 6.45) is 5.55. The van der Waals surface area contributed by atoms with Crippen LogP contribution >= 0.6 is 0 Å². The predicted octanol–water partition coefficient (Wildman–Crippen LogP) is 4.39. The van der Waals surface area contributed by atoms with Crippen molar-refractivity contribution in [3.63, 3.8) is 0 Å². The molecule has 1 saturated heterocycles. The molecule has 0 unspecified atom stereocenters. The zero-order valence-electron chi connectivity index (χ0n) is 20.9. The minimum Gasteiger partial charge on any atom is -0.383 e. The summed E-state index contributed by atoms with van der Waals surface area (Å²) in [6, 6.07) is 16.8. The number of anilines is 2. The van der Waals surface area contributed by atoms with Crippen LogP contribution in [0.25, 0.3) is 22.4 Å². The molecule has 36 heavy (non-hydrogen) atoms. The van der Waals surface area contributed by atoms with Gasteiger partial charge in [-0.3, -0.25) is 4.79 Å². The summed E-state index contributed by atoms with van der Waals surface area (Å²) in [5, 5.41) is 0.909. The molecule has 2 aliphatic rings. The van der Waals surface area contributed by atoms with Gasteiger partial charge in [-0.2, -0.15) is 0 Å². The number of piperidine rings is 1. The van der Waals surface area contributed by atoms with E-state index in [0.717, 1.165) is 65.8 Å². The van der Waals surface area contributed by atoms with Crippen molar-refractivity contribution in [2.24, 2.45) is 0 Å². The SMILES string of the molecule is Cc1cccc(CC(=O)N2CCc3cc(-c4nc(N)c5ccn(C6CCN(C)CC6)c5n4)ccc32)c1. The summed E-state index contributed by atoms with van der Waals surface area (Å²) >= 11 is 0. The highest BCUT2D eigenvalue weighted by molar-refractivity contribution is 5.97. The Balaban J connectivity index is 1.28. The fourth-order valence-electron chi connectivity index (χ4n) is 5.65. The van der Waals surface area contributed by atoms with E-state index in [-0.39, 0.29) is 5.91 Å². The van der Waals surface area contributed by atoms with E-state index in [1.165, 1.54) is 5.56 Å². The number of nitrogens with two attached hydrogens (primary N) is 1. The number of fused-ring (bicyclic) bond motifs is 2. The molecule has 2 aromatic heterocycles. The van der Waals surface area contributed by atoms with Crippen LogP contribution in [0.2, 0.25) is 0 Å². The number of carbonyl (C=O) groups excluding carboxylic acids is 1. The molecule has 2 aliphatic heterocycles. The maximum atomic E-state index is 13.1. The van der Waals surface area contributed by atoms with Crippen LogP contribution in [0.5, 0.6) is 0 Å². The minimum atomic E-state index is 0.130. The summed E-state index contributed by atoms with van der Waals surface area (Å²) in [5.74, 6) is 1.28. The third-order valence-corrected chi connectivity index (χ3v) is 7.65. The first-order valence-corrected chi connectivity index (χ1v) is 12.8. The summed E-state index contributed by atoms with van der Waals surface area (Å²) < 4.78 is 2.28. The first-order chi connectivity index (χ1) is 17.5. The largest absolute Gasteiger partial charge is 0.383 e. The molecular formula is C29H32N6O. The van der Waals surface area contributed by atoms with E-state index < -0.39 is 0 Å². The van der Waals surface area contributed by atoms with Crippen LogP contribution < -0.4 is 10.6 Å². The Bertz CT molecular complexity index is 1450. The van der Waals surface area contributed by atoms with Gasteiger partial charge in [0.05, 0.1) is 11.8 Å². The first-order valence-electron chi connectivity index (χ1n) is 12.8. The lowest BCUT2D eigenvalue weighted by atomic mass is 10.1. The van der Waals surface area contributed by atoms with Gasteiger partial charge in [-0.25, -0.2) is 9.97 Å². The van der Waals surface area contributed by atoms with Crippen LogP contribution in [0.15, 0.2) is 54.7 Å². The van der Waals surface area contributed by atoms with E-state index >= 15 is 0 Å². The molecule has 0 radical (unpaired) electrons. The van der Waals surface area contributed by atoms with Gasteiger partial charge in [0.25, 0.3) is 0 Å². The Labute approximate surface area is 211 Å². The quantitative estimate of drug-likeness (QED) is 0.469. The number of carbonyl (C=O) groups is 1. The van der Waals surface area contributed by atoms with Gasteiger partial charge in [0.15, 0.2) is 5.82 Å². The number of aryl methyl sites for hydroxylation is 1. The summed E-state index contributed by atoms with van der Waals surface area (Å²) in [5.41, 5.74) is 12.6. The van der Waals surface area contributed by atoms with E-state index in [2.05, 4.69) is 52.8 Å². The molecule has 1 fully saturated rings. The highest BCUT2D eigenvalue weighted by Gasteiger charge is 2.26. The van der Waals surface area contributed by atoms with Crippen molar-refractivity contribution in [2.45, 2.75) is 38.6 Å². The second-order valence-electron chi connectivity index (χ2n) is 10.2. The Kier molecular flexibility index (Phi) is 5.72. The average Bonchev–Trinajstić information content (AvgIpc) is 3.49. The van der Waals surface area contributed by atoms with E-state index in [1.54, 1.807) is 0 Å². The molecule has 0 aliphatic carbocycles. The van der Waals surface area contributed by atoms with E-state index in [0.29, 0.717) is 30.6 Å². The van der Waals surface area contributed by atoms with Gasteiger partial charge in [0, 0.05) is 30.0 Å². The van der Waals surface area contributed by atoms with Crippen molar-refractivity contribution >= 4 is 28.4 Å². The van der Waals surface area contributed by atoms with Crippen molar-refractivity contribution in [3.8, 4) is 11.4 Å². The molecule has 2 aromatic carbocycles. The van der Waals surface area contributed by atoms with Gasteiger partial charge in [-0.1, -0.05) is 29.8 Å². The topological polar surface area (TPSA) is 80.3 Å². The number of nitrogens with zero attached hydrogens (tertiary/aromatic N) is 5. The summed E-state index contributed by atoms with van der Waals surface area (Å²) in [7, 11) is 2.17. The molecule has 7 heteroatoms. The Morgan fingerprint density at radius 2 is 1.89 bits per heavy atom. The lowest BCUT2D eigenvalue weighted by molar-refractivity contribution is -0.117. The summed E-state index contributed by atoms with van der Waals surface area (Å²) in [4.78, 5) is 27.0. The third kappa shape index (κ3) is 4.13. The Morgan fingerprint density at radius 3 is 2.69 bits per heavy atom. The molecule has 0 atom stereocenters. The monoisotopic (exact) mass is 480 g/mol. The van der Waals surface area contributed by atoms with Crippen LogP contribution in [0, 0.1) is 6.92 Å². The maximum Gasteiger partial charge on any atom is 0.231 e. The number of benzene rings is 2. The average molecular weight is 481 g/mol. The molecule has 4 aromatic rings. The molecule has 184 valence electrons. The van der Waals surface area contributed by atoms with E-state index in [4.69, 9.17) is 10.7 Å². The highest BCUT2D eigenvalue weighted by Crippen LogP contribution is 2.34. The third-order valence-electron chi connectivity index (χ3n) is 7.65. The number of rotatable bonds is 4. The molecule has 0 bridgehead atoms. The number of nitrogen functional groups attached to an aromatic ring is 1. The van der Waals surface area contributed by atoms with Gasteiger partial charge in [-0.05, 0) is 81.7 Å². The number of amides is 1. The number of hydrogen-bond acceptors (Lipinski definition) is 5. The molecule has 7 nitrogen and oxygen atoms in total. The fourth-order valence-corrected chi connectivity index (χ4v) is 5.65. The lowest BCUT2D eigenvalue weighted by Crippen LogP contribution is -2.31.